The number of hydrogen-bond acceptors (Lipinski definition) is 4. The number of benzene rings is 1. The highest BCUT2D eigenvalue weighted by atomic mass is 16.5. The monoisotopic (exact) mass is 347 g/mol. The minimum absolute atomic E-state index is 0.316. The quantitative estimate of drug-likeness (QED) is 0.608. The number of aromatic nitrogens is 2. The van der Waals surface area contributed by atoms with E-state index in [0.717, 1.165) is 29.4 Å². The molecule has 0 aliphatic heterocycles. The van der Waals surface area contributed by atoms with Gasteiger partial charge in [-0.3, -0.25) is 4.98 Å². The third-order valence-electron chi connectivity index (χ3n) is 4.35. The molecule has 3 rings (SSSR count). The second-order valence-corrected chi connectivity index (χ2v) is 6.07. The summed E-state index contributed by atoms with van der Waals surface area (Å²) in [6, 6.07) is 11.8. The lowest BCUT2D eigenvalue weighted by molar-refractivity contribution is 0.0526. The second kappa shape index (κ2) is 8.30. The van der Waals surface area contributed by atoms with Gasteiger partial charge in [-0.15, -0.1) is 0 Å². The SMILES string of the molecule is CCOC(=O)c1ccc2c(c1)c(CCC#N)cn2CCc1cccnc1. The molecule has 132 valence electrons. The van der Waals surface area contributed by atoms with E-state index in [9.17, 15) is 4.79 Å². The molecule has 0 amide bonds. The largest absolute Gasteiger partial charge is 0.462 e. The molecule has 3 aromatic rings. The Balaban J connectivity index is 1.93. The fraction of sp³-hybridized carbons (Fsp3) is 0.286. The van der Waals surface area contributed by atoms with Gasteiger partial charge in [0.05, 0.1) is 18.2 Å². The molecule has 0 bridgehead atoms. The van der Waals surface area contributed by atoms with Crippen LogP contribution in [0, 0.1) is 11.3 Å². The topological polar surface area (TPSA) is 67.9 Å². The van der Waals surface area contributed by atoms with Gasteiger partial charge < -0.3 is 9.30 Å². The fourth-order valence-electron chi connectivity index (χ4n) is 3.08. The molecule has 0 atom stereocenters. The van der Waals surface area contributed by atoms with Gasteiger partial charge in [0.1, 0.15) is 0 Å². The zero-order valence-corrected chi connectivity index (χ0v) is 14.8. The third-order valence-corrected chi connectivity index (χ3v) is 4.35. The van der Waals surface area contributed by atoms with E-state index in [2.05, 4.69) is 27.9 Å². The van der Waals surface area contributed by atoms with Gasteiger partial charge in [0.2, 0.25) is 0 Å². The van der Waals surface area contributed by atoms with Crippen LogP contribution in [0.2, 0.25) is 0 Å². The van der Waals surface area contributed by atoms with Crippen molar-refractivity contribution in [3.05, 3.63) is 65.6 Å². The molecule has 0 radical (unpaired) electrons. The van der Waals surface area contributed by atoms with Crippen molar-refractivity contribution in [2.24, 2.45) is 0 Å². The molecule has 5 nitrogen and oxygen atoms in total. The van der Waals surface area contributed by atoms with Crippen LogP contribution in [0.5, 0.6) is 0 Å². The molecule has 0 N–H and O–H groups in total. The minimum atomic E-state index is -0.316. The number of hydrogen-bond donors (Lipinski definition) is 0. The predicted molar refractivity (Wildman–Crippen MR) is 99.8 cm³/mol. The van der Waals surface area contributed by atoms with Crippen molar-refractivity contribution >= 4 is 16.9 Å². The summed E-state index contributed by atoms with van der Waals surface area (Å²) in [4.78, 5) is 16.2. The first-order chi connectivity index (χ1) is 12.7. The maximum absolute atomic E-state index is 12.0. The molecular weight excluding hydrogens is 326 g/mol. The van der Waals surface area contributed by atoms with Crippen molar-refractivity contribution in [2.45, 2.75) is 32.7 Å². The van der Waals surface area contributed by atoms with Crippen LogP contribution in [-0.2, 0) is 24.1 Å². The molecule has 2 aromatic heterocycles. The summed E-state index contributed by atoms with van der Waals surface area (Å²) in [5.74, 6) is -0.316. The highest BCUT2D eigenvalue weighted by Gasteiger charge is 2.13. The van der Waals surface area contributed by atoms with E-state index in [1.165, 1.54) is 5.56 Å². The molecule has 2 heterocycles. The van der Waals surface area contributed by atoms with Crippen LogP contribution >= 0.6 is 0 Å². The van der Waals surface area contributed by atoms with Crippen LogP contribution in [0.15, 0.2) is 48.9 Å². The van der Waals surface area contributed by atoms with Crippen LogP contribution in [0.1, 0.15) is 34.8 Å². The Morgan fingerprint density at radius 3 is 2.92 bits per heavy atom. The van der Waals surface area contributed by atoms with Crippen LogP contribution in [0.25, 0.3) is 10.9 Å². The molecule has 5 heteroatoms. The first-order valence-electron chi connectivity index (χ1n) is 8.77. The summed E-state index contributed by atoms with van der Waals surface area (Å²) < 4.78 is 7.29. The standard InChI is InChI=1S/C21H21N3O2/c1-2-26-21(25)17-7-8-20-19(13-17)18(6-3-10-22)15-24(20)12-9-16-5-4-11-23-14-16/h4-5,7-8,11,13-15H,2-3,6,9,12H2,1H3. The number of pyridine rings is 1. The van der Waals surface area contributed by atoms with Crippen LogP contribution in [0.4, 0.5) is 0 Å². The highest BCUT2D eigenvalue weighted by molar-refractivity contribution is 5.96. The number of fused-ring (bicyclic) bond motifs is 1. The number of nitriles is 1. The maximum Gasteiger partial charge on any atom is 0.338 e. The Hall–Kier alpha value is -3.13. The summed E-state index contributed by atoms with van der Waals surface area (Å²) >= 11 is 0. The Morgan fingerprint density at radius 2 is 2.19 bits per heavy atom. The van der Waals surface area contributed by atoms with E-state index in [1.807, 2.05) is 24.4 Å². The van der Waals surface area contributed by atoms with Crippen molar-refractivity contribution < 1.29 is 9.53 Å². The van der Waals surface area contributed by atoms with Gasteiger partial charge >= 0.3 is 5.97 Å². The van der Waals surface area contributed by atoms with Gasteiger partial charge in [0, 0.05) is 42.5 Å². The Morgan fingerprint density at radius 1 is 1.31 bits per heavy atom. The van der Waals surface area contributed by atoms with Crippen LogP contribution < -0.4 is 0 Å². The van der Waals surface area contributed by atoms with Gasteiger partial charge in [-0.2, -0.15) is 5.26 Å². The van der Waals surface area contributed by atoms with Crippen molar-refractivity contribution in [3.8, 4) is 6.07 Å². The molecule has 0 spiro atoms. The molecule has 1 aromatic carbocycles. The lowest BCUT2D eigenvalue weighted by atomic mass is 10.1. The molecule has 0 unspecified atom stereocenters. The summed E-state index contributed by atoms with van der Waals surface area (Å²) in [6.07, 6.45) is 7.72. The smallest absolute Gasteiger partial charge is 0.338 e. The summed E-state index contributed by atoms with van der Waals surface area (Å²) in [6.45, 7) is 2.96. The highest BCUT2D eigenvalue weighted by Crippen LogP contribution is 2.25. The number of nitrogens with zero attached hydrogens (tertiary/aromatic N) is 3. The number of esters is 1. The summed E-state index contributed by atoms with van der Waals surface area (Å²) in [5.41, 5.74) is 3.87. The predicted octanol–water partition coefficient (Wildman–Crippen LogP) is 3.91. The normalized spacial score (nSPS) is 10.6. The van der Waals surface area contributed by atoms with Crippen LogP contribution in [-0.4, -0.2) is 22.1 Å². The lowest BCUT2D eigenvalue weighted by Crippen LogP contribution is -2.04. The van der Waals surface area contributed by atoms with E-state index in [1.54, 1.807) is 19.2 Å². The summed E-state index contributed by atoms with van der Waals surface area (Å²) in [7, 11) is 0. The molecule has 26 heavy (non-hydrogen) atoms. The van der Waals surface area contributed by atoms with E-state index in [4.69, 9.17) is 10.00 Å². The van der Waals surface area contributed by atoms with E-state index >= 15 is 0 Å². The number of carbonyl (C=O) groups excluding carboxylic acids is 1. The van der Waals surface area contributed by atoms with E-state index in [0.29, 0.717) is 25.0 Å². The Labute approximate surface area is 152 Å². The van der Waals surface area contributed by atoms with Gasteiger partial charge in [-0.1, -0.05) is 6.07 Å². The maximum atomic E-state index is 12.0. The number of ether oxygens (including phenoxy) is 1. The zero-order valence-electron chi connectivity index (χ0n) is 14.8. The van der Waals surface area contributed by atoms with Gasteiger partial charge in [-0.25, -0.2) is 4.79 Å². The lowest BCUT2D eigenvalue weighted by Gasteiger charge is -2.06. The number of aryl methyl sites for hydroxylation is 3. The zero-order chi connectivity index (χ0) is 18.4. The third kappa shape index (κ3) is 3.92. The van der Waals surface area contributed by atoms with Crippen molar-refractivity contribution in [2.75, 3.05) is 6.61 Å². The van der Waals surface area contributed by atoms with E-state index in [-0.39, 0.29) is 5.97 Å². The first-order valence-corrected chi connectivity index (χ1v) is 8.77. The molecule has 0 saturated carbocycles. The van der Waals surface area contributed by atoms with E-state index < -0.39 is 0 Å². The molecule has 0 aliphatic carbocycles. The average molecular weight is 347 g/mol. The molecule has 0 saturated heterocycles. The second-order valence-electron chi connectivity index (χ2n) is 6.07. The Bertz CT molecular complexity index is 939. The summed E-state index contributed by atoms with van der Waals surface area (Å²) in [5, 5.41) is 9.94. The molecule has 0 aliphatic rings. The van der Waals surface area contributed by atoms with Crippen molar-refractivity contribution in [3.63, 3.8) is 0 Å². The fourth-order valence-corrected chi connectivity index (χ4v) is 3.08. The van der Waals surface area contributed by atoms with Gasteiger partial charge in [0.25, 0.3) is 0 Å². The minimum Gasteiger partial charge on any atom is -0.462 e. The van der Waals surface area contributed by atoms with Crippen molar-refractivity contribution in [1.29, 1.82) is 5.26 Å². The number of rotatable bonds is 7. The average Bonchev–Trinajstić information content (AvgIpc) is 3.02. The number of carbonyl (C=O) groups is 1. The van der Waals surface area contributed by atoms with Gasteiger partial charge in [0.15, 0.2) is 0 Å². The Kier molecular flexibility index (Phi) is 5.65. The van der Waals surface area contributed by atoms with Crippen LogP contribution in [0.3, 0.4) is 0 Å². The first kappa shape index (κ1) is 17.7. The molecule has 0 fully saturated rings. The van der Waals surface area contributed by atoms with Crippen molar-refractivity contribution in [1.82, 2.24) is 9.55 Å². The molecular formula is C21H21N3O2. The van der Waals surface area contributed by atoms with Gasteiger partial charge in [-0.05, 0) is 55.2 Å².